The second-order valence-electron chi connectivity index (χ2n) is 1.73. The number of Topliss-reactive ketones (excluding diaryl/α,β-unsaturated/α-hetero) is 1. The lowest BCUT2D eigenvalue weighted by molar-refractivity contribution is -0.114. The molecule has 0 saturated carbocycles. The number of carbonyl (C=O) groups excluding carboxylic acids is 1. The number of ketones is 1. The van der Waals surface area contributed by atoms with Crippen LogP contribution in [-0.2, 0) is 4.79 Å². The van der Waals surface area contributed by atoms with Gasteiger partial charge in [-0.1, -0.05) is 6.58 Å². The Morgan fingerprint density at radius 1 is 1.75 bits per heavy atom. The third kappa shape index (κ3) is 2.53. The molecular weight excluding hydrogens is 102 g/mol. The smallest absolute Gasteiger partial charge is 0.171 e. The van der Waals surface area contributed by atoms with Crippen molar-refractivity contribution in [2.75, 3.05) is 13.6 Å². The number of hydrogen-bond donors (Lipinski definition) is 1. The van der Waals surface area contributed by atoms with E-state index in [1.165, 1.54) is 0 Å². The summed E-state index contributed by atoms with van der Waals surface area (Å²) in [5.41, 5.74) is 0.611. The van der Waals surface area contributed by atoms with Crippen LogP contribution in [0.1, 0.15) is 6.92 Å². The van der Waals surface area contributed by atoms with Gasteiger partial charge in [-0.2, -0.15) is 0 Å². The van der Waals surface area contributed by atoms with Gasteiger partial charge in [0.1, 0.15) is 0 Å². The topological polar surface area (TPSA) is 29.1 Å². The van der Waals surface area contributed by atoms with Crippen LogP contribution in [0.5, 0.6) is 0 Å². The van der Waals surface area contributed by atoms with Crippen molar-refractivity contribution in [1.82, 2.24) is 5.32 Å². The molecule has 8 heavy (non-hydrogen) atoms. The quantitative estimate of drug-likeness (QED) is 0.535. The Kier molecular flexibility index (Phi) is 3.12. The molecule has 0 unspecified atom stereocenters. The van der Waals surface area contributed by atoms with E-state index in [-0.39, 0.29) is 5.78 Å². The van der Waals surface area contributed by atoms with Crippen molar-refractivity contribution < 1.29 is 4.79 Å². The minimum Gasteiger partial charge on any atom is -0.313 e. The number of hydrogen-bond acceptors (Lipinski definition) is 2. The fraction of sp³-hybridized carbons (Fsp3) is 0.500. The largest absolute Gasteiger partial charge is 0.313 e. The molecular formula is C6H11NO. The molecule has 0 rings (SSSR count). The molecule has 0 aromatic carbocycles. The fourth-order valence-corrected chi connectivity index (χ4v) is 0.311. The summed E-state index contributed by atoms with van der Waals surface area (Å²) in [6.07, 6.45) is 0. The third-order valence-electron chi connectivity index (χ3n) is 0.813. The molecule has 2 nitrogen and oxygen atoms in total. The van der Waals surface area contributed by atoms with Crippen LogP contribution in [0, 0.1) is 0 Å². The Morgan fingerprint density at radius 3 is 2.38 bits per heavy atom. The van der Waals surface area contributed by atoms with Gasteiger partial charge in [-0.3, -0.25) is 4.79 Å². The highest BCUT2D eigenvalue weighted by Gasteiger charge is 1.96. The van der Waals surface area contributed by atoms with Crippen molar-refractivity contribution >= 4 is 5.78 Å². The van der Waals surface area contributed by atoms with Crippen molar-refractivity contribution in [2.45, 2.75) is 6.92 Å². The third-order valence-corrected chi connectivity index (χ3v) is 0.813. The predicted molar refractivity (Wildman–Crippen MR) is 33.7 cm³/mol. The maximum atomic E-state index is 10.6. The Bertz CT molecular complexity index is 107. The summed E-state index contributed by atoms with van der Waals surface area (Å²) in [5, 5.41) is 2.74. The Balaban J connectivity index is 3.49. The molecule has 0 aliphatic rings. The van der Waals surface area contributed by atoms with Gasteiger partial charge in [0.25, 0.3) is 0 Å². The molecule has 0 fully saturated rings. The molecule has 46 valence electrons. The Hall–Kier alpha value is -0.630. The summed E-state index contributed by atoms with van der Waals surface area (Å²) < 4.78 is 0. The van der Waals surface area contributed by atoms with Gasteiger partial charge in [0.05, 0.1) is 6.54 Å². The maximum Gasteiger partial charge on any atom is 0.171 e. The van der Waals surface area contributed by atoms with Gasteiger partial charge in [0.15, 0.2) is 5.78 Å². The van der Waals surface area contributed by atoms with Gasteiger partial charge in [-0.05, 0) is 19.5 Å². The first-order chi connectivity index (χ1) is 3.68. The van der Waals surface area contributed by atoms with Crippen LogP contribution in [-0.4, -0.2) is 19.4 Å². The van der Waals surface area contributed by atoms with E-state index in [1.807, 2.05) is 0 Å². The Morgan fingerprint density at radius 2 is 2.25 bits per heavy atom. The van der Waals surface area contributed by atoms with Crippen LogP contribution in [0.25, 0.3) is 0 Å². The SMILES string of the molecule is C=C(C)C(=O)CNC. The monoisotopic (exact) mass is 113 g/mol. The van der Waals surface area contributed by atoms with E-state index in [9.17, 15) is 4.79 Å². The normalized spacial score (nSPS) is 8.75. The number of carbonyl (C=O) groups is 1. The zero-order valence-corrected chi connectivity index (χ0v) is 5.32. The summed E-state index contributed by atoms with van der Waals surface area (Å²) in [7, 11) is 1.74. The Labute approximate surface area is 49.6 Å². The van der Waals surface area contributed by atoms with E-state index in [0.29, 0.717) is 12.1 Å². The van der Waals surface area contributed by atoms with Crippen molar-refractivity contribution in [3.05, 3.63) is 12.2 Å². The molecule has 0 saturated heterocycles. The molecule has 0 aliphatic heterocycles. The van der Waals surface area contributed by atoms with Crippen LogP contribution in [0.4, 0.5) is 0 Å². The summed E-state index contributed by atoms with van der Waals surface area (Å²) >= 11 is 0. The van der Waals surface area contributed by atoms with Gasteiger partial charge < -0.3 is 5.32 Å². The highest BCUT2D eigenvalue weighted by atomic mass is 16.1. The summed E-state index contributed by atoms with van der Waals surface area (Å²) in [4.78, 5) is 10.6. The van der Waals surface area contributed by atoms with Crippen molar-refractivity contribution in [3.63, 3.8) is 0 Å². The second-order valence-corrected chi connectivity index (χ2v) is 1.73. The van der Waals surface area contributed by atoms with Gasteiger partial charge in [-0.25, -0.2) is 0 Å². The van der Waals surface area contributed by atoms with Crippen LogP contribution in [0.3, 0.4) is 0 Å². The molecule has 1 N–H and O–H groups in total. The summed E-state index contributed by atoms with van der Waals surface area (Å²) in [5.74, 6) is 0.0764. The van der Waals surface area contributed by atoms with E-state index in [1.54, 1.807) is 14.0 Å². The van der Waals surface area contributed by atoms with Crippen LogP contribution in [0.15, 0.2) is 12.2 Å². The van der Waals surface area contributed by atoms with Crippen molar-refractivity contribution in [2.24, 2.45) is 0 Å². The van der Waals surface area contributed by atoms with Crippen LogP contribution >= 0.6 is 0 Å². The lowest BCUT2D eigenvalue weighted by Gasteiger charge is -1.94. The van der Waals surface area contributed by atoms with Gasteiger partial charge in [0, 0.05) is 0 Å². The molecule has 0 heterocycles. The lowest BCUT2D eigenvalue weighted by atomic mass is 10.2. The first kappa shape index (κ1) is 7.37. The average Bonchev–Trinajstić information content (AvgIpc) is 1.67. The lowest BCUT2D eigenvalue weighted by Crippen LogP contribution is -2.18. The number of rotatable bonds is 3. The van der Waals surface area contributed by atoms with E-state index < -0.39 is 0 Å². The molecule has 0 bridgehead atoms. The number of likely N-dealkylation sites (N-methyl/N-ethyl adjacent to an activating group) is 1. The van der Waals surface area contributed by atoms with Crippen LogP contribution < -0.4 is 5.32 Å². The highest BCUT2D eigenvalue weighted by Crippen LogP contribution is 1.85. The molecule has 0 spiro atoms. The van der Waals surface area contributed by atoms with E-state index in [2.05, 4.69) is 11.9 Å². The molecule has 0 aromatic heterocycles. The molecule has 0 aliphatic carbocycles. The van der Waals surface area contributed by atoms with Crippen molar-refractivity contribution in [1.29, 1.82) is 0 Å². The second kappa shape index (κ2) is 3.38. The fourth-order valence-electron chi connectivity index (χ4n) is 0.311. The minimum atomic E-state index is 0.0764. The molecule has 0 amide bonds. The number of nitrogens with one attached hydrogen (secondary N) is 1. The van der Waals surface area contributed by atoms with Gasteiger partial charge in [0.2, 0.25) is 0 Å². The molecule has 2 heteroatoms. The standard InChI is InChI=1S/C6H11NO/c1-5(2)6(8)4-7-3/h7H,1,4H2,2-3H3. The average molecular weight is 113 g/mol. The predicted octanol–water partition coefficient (Wildman–Crippen LogP) is 0.351. The van der Waals surface area contributed by atoms with E-state index >= 15 is 0 Å². The first-order valence-corrected chi connectivity index (χ1v) is 2.51. The zero-order valence-electron chi connectivity index (χ0n) is 5.32. The van der Waals surface area contributed by atoms with E-state index in [4.69, 9.17) is 0 Å². The molecule has 0 radical (unpaired) electrons. The van der Waals surface area contributed by atoms with E-state index in [0.717, 1.165) is 0 Å². The van der Waals surface area contributed by atoms with Crippen LogP contribution in [0.2, 0.25) is 0 Å². The van der Waals surface area contributed by atoms with Crippen molar-refractivity contribution in [3.8, 4) is 0 Å². The molecule has 0 aromatic rings. The summed E-state index contributed by atoms with van der Waals surface area (Å²) in [6.45, 7) is 5.59. The summed E-state index contributed by atoms with van der Waals surface area (Å²) in [6, 6.07) is 0. The first-order valence-electron chi connectivity index (χ1n) is 2.51. The zero-order chi connectivity index (χ0) is 6.57. The van der Waals surface area contributed by atoms with Gasteiger partial charge in [-0.15, -0.1) is 0 Å². The molecule has 0 atom stereocenters. The minimum absolute atomic E-state index is 0.0764. The highest BCUT2D eigenvalue weighted by molar-refractivity contribution is 5.95. The van der Waals surface area contributed by atoms with Gasteiger partial charge >= 0.3 is 0 Å². The maximum absolute atomic E-state index is 10.6.